The van der Waals surface area contributed by atoms with Crippen LogP contribution in [0.4, 0.5) is 0 Å². The minimum Gasteiger partial charge on any atom is -0.493 e. The molecule has 0 saturated heterocycles. The second-order valence-electron chi connectivity index (χ2n) is 6.27. The molecule has 0 atom stereocenters. The Kier molecular flexibility index (Phi) is 6.86. The molecule has 0 radical (unpaired) electrons. The standard InChI is InChI=1S/C16H24ClN3O4/c1-16(2,8-18)9-20(3)15(22)10-5-11(17)14(12(6-10)23-4)24-7-13(19)21/h5-6H,7-9,18H2,1-4H3,(H2,19,21). The molecule has 4 N–H and O–H groups in total. The zero-order valence-corrected chi connectivity index (χ0v) is 15.1. The Morgan fingerprint density at radius 3 is 2.46 bits per heavy atom. The highest BCUT2D eigenvalue weighted by Gasteiger charge is 2.24. The van der Waals surface area contributed by atoms with Crippen LogP contribution >= 0.6 is 11.6 Å². The maximum Gasteiger partial charge on any atom is 0.255 e. The van der Waals surface area contributed by atoms with Crippen molar-refractivity contribution in [2.24, 2.45) is 16.9 Å². The van der Waals surface area contributed by atoms with E-state index >= 15 is 0 Å². The molecule has 0 aliphatic heterocycles. The number of nitrogens with two attached hydrogens (primary N) is 2. The summed E-state index contributed by atoms with van der Waals surface area (Å²) >= 11 is 6.16. The average Bonchev–Trinajstić information content (AvgIpc) is 2.51. The topological polar surface area (TPSA) is 108 Å². The van der Waals surface area contributed by atoms with Crippen molar-refractivity contribution in [1.82, 2.24) is 4.90 Å². The fraction of sp³-hybridized carbons (Fsp3) is 0.500. The Bertz CT molecular complexity index is 620. The molecular formula is C16H24ClN3O4. The highest BCUT2D eigenvalue weighted by atomic mass is 35.5. The summed E-state index contributed by atoms with van der Waals surface area (Å²) in [5.41, 5.74) is 10.9. The van der Waals surface area contributed by atoms with Crippen LogP contribution in [0.5, 0.6) is 11.5 Å². The Morgan fingerprint density at radius 2 is 1.96 bits per heavy atom. The van der Waals surface area contributed by atoms with Crippen LogP contribution < -0.4 is 20.9 Å². The number of rotatable bonds is 8. The number of amides is 2. The largest absolute Gasteiger partial charge is 0.493 e. The van der Waals surface area contributed by atoms with Gasteiger partial charge in [-0.1, -0.05) is 25.4 Å². The number of carbonyl (C=O) groups is 2. The predicted molar refractivity (Wildman–Crippen MR) is 92.5 cm³/mol. The molecule has 2 amide bonds. The molecular weight excluding hydrogens is 334 g/mol. The van der Waals surface area contributed by atoms with E-state index in [0.717, 1.165) is 0 Å². The third-order valence-corrected chi connectivity index (χ3v) is 3.68. The Morgan fingerprint density at radius 1 is 1.33 bits per heavy atom. The zero-order chi connectivity index (χ0) is 18.5. The summed E-state index contributed by atoms with van der Waals surface area (Å²) in [6.07, 6.45) is 0. The van der Waals surface area contributed by atoms with Crippen LogP contribution in [0.15, 0.2) is 12.1 Å². The number of hydrogen-bond donors (Lipinski definition) is 2. The summed E-state index contributed by atoms with van der Waals surface area (Å²) in [4.78, 5) is 25.0. The maximum absolute atomic E-state index is 12.6. The average molecular weight is 358 g/mol. The second-order valence-corrected chi connectivity index (χ2v) is 6.68. The molecule has 0 fully saturated rings. The lowest BCUT2D eigenvalue weighted by Gasteiger charge is -2.29. The van der Waals surface area contributed by atoms with Gasteiger partial charge < -0.3 is 25.8 Å². The van der Waals surface area contributed by atoms with E-state index in [1.54, 1.807) is 11.9 Å². The van der Waals surface area contributed by atoms with Crippen LogP contribution in [0.1, 0.15) is 24.2 Å². The number of halogens is 1. The molecule has 1 aromatic rings. The molecule has 24 heavy (non-hydrogen) atoms. The van der Waals surface area contributed by atoms with Crippen LogP contribution in [0.25, 0.3) is 0 Å². The van der Waals surface area contributed by atoms with Gasteiger partial charge in [-0.2, -0.15) is 0 Å². The molecule has 0 bridgehead atoms. The minimum atomic E-state index is -0.642. The first-order valence-corrected chi connectivity index (χ1v) is 7.73. The van der Waals surface area contributed by atoms with Crippen LogP contribution in [-0.2, 0) is 4.79 Å². The van der Waals surface area contributed by atoms with Crippen molar-refractivity contribution in [2.75, 3.05) is 33.9 Å². The van der Waals surface area contributed by atoms with Gasteiger partial charge in [0.25, 0.3) is 11.8 Å². The maximum atomic E-state index is 12.6. The molecule has 0 aliphatic carbocycles. The van der Waals surface area contributed by atoms with Gasteiger partial charge in [-0.15, -0.1) is 0 Å². The summed E-state index contributed by atoms with van der Waals surface area (Å²) in [6.45, 7) is 4.56. The highest BCUT2D eigenvalue weighted by molar-refractivity contribution is 6.32. The van der Waals surface area contributed by atoms with Gasteiger partial charge in [0.2, 0.25) is 0 Å². The predicted octanol–water partition coefficient (Wildman–Crippen LogP) is 1.27. The highest BCUT2D eigenvalue weighted by Crippen LogP contribution is 2.36. The number of carbonyl (C=O) groups excluding carboxylic acids is 2. The van der Waals surface area contributed by atoms with Gasteiger partial charge in [-0.3, -0.25) is 9.59 Å². The Balaban J connectivity index is 3.06. The molecule has 7 nitrogen and oxygen atoms in total. The fourth-order valence-corrected chi connectivity index (χ4v) is 2.39. The SMILES string of the molecule is COc1cc(C(=O)N(C)CC(C)(C)CN)cc(Cl)c1OCC(N)=O. The van der Waals surface area contributed by atoms with Gasteiger partial charge in [-0.25, -0.2) is 0 Å². The van der Waals surface area contributed by atoms with Crippen LogP contribution in [-0.4, -0.2) is 50.6 Å². The summed E-state index contributed by atoms with van der Waals surface area (Å²) < 4.78 is 10.4. The summed E-state index contributed by atoms with van der Waals surface area (Å²) in [7, 11) is 3.11. The van der Waals surface area contributed by atoms with Gasteiger partial charge >= 0.3 is 0 Å². The summed E-state index contributed by atoms with van der Waals surface area (Å²) in [6, 6.07) is 2.98. The Hall–Kier alpha value is -1.99. The van der Waals surface area contributed by atoms with Gasteiger partial charge in [0.05, 0.1) is 12.1 Å². The van der Waals surface area contributed by atoms with Crippen molar-refractivity contribution in [3.8, 4) is 11.5 Å². The van der Waals surface area contributed by atoms with E-state index in [0.29, 0.717) is 18.7 Å². The molecule has 0 aliphatic rings. The number of ether oxygens (including phenoxy) is 2. The fourth-order valence-electron chi connectivity index (χ4n) is 2.13. The van der Waals surface area contributed by atoms with E-state index in [1.807, 2.05) is 13.8 Å². The van der Waals surface area contributed by atoms with Crippen molar-refractivity contribution < 1.29 is 19.1 Å². The third-order valence-electron chi connectivity index (χ3n) is 3.40. The van der Waals surface area contributed by atoms with E-state index in [1.165, 1.54) is 19.2 Å². The third kappa shape index (κ3) is 5.28. The number of hydrogen-bond acceptors (Lipinski definition) is 5. The monoisotopic (exact) mass is 357 g/mol. The van der Waals surface area contributed by atoms with Crippen molar-refractivity contribution in [3.63, 3.8) is 0 Å². The molecule has 1 rings (SSSR count). The molecule has 134 valence electrons. The van der Waals surface area contributed by atoms with E-state index in [-0.39, 0.29) is 34.5 Å². The lowest BCUT2D eigenvalue weighted by Crippen LogP contribution is -2.39. The van der Waals surface area contributed by atoms with Crippen molar-refractivity contribution in [1.29, 1.82) is 0 Å². The quantitative estimate of drug-likeness (QED) is 0.728. The van der Waals surface area contributed by atoms with Crippen molar-refractivity contribution in [3.05, 3.63) is 22.7 Å². The zero-order valence-electron chi connectivity index (χ0n) is 14.4. The normalized spacial score (nSPS) is 11.1. The number of benzene rings is 1. The van der Waals surface area contributed by atoms with Crippen molar-refractivity contribution >= 4 is 23.4 Å². The van der Waals surface area contributed by atoms with Crippen molar-refractivity contribution in [2.45, 2.75) is 13.8 Å². The molecule has 0 spiro atoms. The molecule has 0 heterocycles. The second kappa shape index (κ2) is 8.21. The smallest absolute Gasteiger partial charge is 0.255 e. The molecule has 0 unspecified atom stereocenters. The molecule has 0 aromatic heterocycles. The van der Waals surface area contributed by atoms with E-state index < -0.39 is 5.91 Å². The lowest BCUT2D eigenvalue weighted by atomic mass is 9.93. The molecule has 0 saturated carbocycles. The first kappa shape index (κ1) is 20.1. The van der Waals surface area contributed by atoms with Gasteiger partial charge in [-0.05, 0) is 24.1 Å². The summed E-state index contributed by atoms with van der Waals surface area (Å²) in [5.74, 6) is -0.451. The van der Waals surface area contributed by atoms with Crippen LogP contribution in [0.2, 0.25) is 5.02 Å². The molecule has 1 aromatic carbocycles. The van der Waals surface area contributed by atoms with Gasteiger partial charge in [0, 0.05) is 19.2 Å². The van der Waals surface area contributed by atoms with E-state index in [9.17, 15) is 9.59 Å². The van der Waals surface area contributed by atoms with Gasteiger partial charge in [0.1, 0.15) is 0 Å². The minimum absolute atomic E-state index is 0.158. The number of methoxy groups -OCH3 is 1. The van der Waals surface area contributed by atoms with Gasteiger partial charge in [0.15, 0.2) is 18.1 Å². The Labute approximate surface area is 146 Å². The number of primary amides is 1. The van der Waals surface area contributed by atoms with Crippen LogP contribution in [0.3, 0.4) is 0 Å². The van der Waals surface area contributed by atoms with E-state index in [4.69, 9.17) is 32.5 Å². The van der Waals surface area contributed by atoms with Crippen LogP contribution in [0, 0.1) is 5.41 Å². The van der Waals surface area contributed by atoms with E-state index in [2.05, 4.69) is 0 Å². The first-order chi connectivity index (χ1) is 11.1. The number of nitrogens with zero attached hydrogens (tertiary/aromatic N) is 1. The lowest BCUT2D eigenvalue weighted by molar-refractivity contribution is -0.119. The summed E-state index contributed by atoms with van der Waals surface area (Å²) in [5, 5.41) is 0.158. The first-order valence-electron chi connectivity index (χ1n) is 7.35. The molecule has 8 heteroatoms.